The van der Waals surface area contributed by atoms with Gasteiger partial charge in [0.2, 0.25) is 0 Å². The summed E-state index contributed by atoms with van der Waals surface area (Å²) in [5.41, 5.74) is 6.56. The number of ether oxygens (including phenoxy) is 1. The highest BCUT2D eigenvalue weighted by atomic mass is 79.9. The molecule has 16 heavy (non-hydrogen) atoms. The Morgan fingerprint density at radius 2 is 2.25 bits per heavy atom. The van der Waals surface area contributed by atoms with Crippen molar-refractivity contribution in [3.05, 3.63) is 34.6 Å². The molecule has 2 N–H and O–H groups in total. The Bertz CT molecular complexity index is 497. The second-order valence-corrected chi connectivity index (χ2v) is 4.22. The standard InChI is InChI=1S/C10H11BrN4O/c1-15-6-13-10(14-15)16-9-3-7(5-12)2-8(11)4-9/h2-4,6H,5,12H2,1H3. The van der Waals surface area contributed by atoms with Gasteiger partial charge in [-0.25, -0.2) is 0 Å². The van der Waals surface area contributed by atoms with Crippen molar-refractivity contribution >= 4 is 15.9 Å². The predicted molar refractivity (Wildman–Crippen MR) is 63.1 cm³/mol. The lowest BCUT2D eigenvalue weighted by Crippen LogP contribution is -1.97. The number of hydrogen-bond acceptors (Lipinski definition) is 4. The van der Waals surface area contributed by atoms with Crippen LogP contribution in [0.25, 0.3) is 0 Å². The molecular weight excluding hydrogens is 272 g/mol. The van der Waals surface area contributed by atoms with E-state index in [4.69, 9.17) is 10.5 Å². The number of aryl methyl sites for hydroxylation is 1. The lowest BCUT2D eigenvalue weighted by Gasteiger charge is -2.04. The number of rotatable bonds is 3. The van der Waals surface area contributed by atoms with Crippen LogP contribution in [0.2, 0.25) is 0 Å². The highest BCUT2D eigenvalue weighted by molar-refractivity contribution is 9.10. The summed E-state index contributed by atoms with van der Waals surface area (Å²) in [5.74, 6) is 0.668. The van der Waals surface area contributed by atoms with Crippen LogP contribution >= 0.6 is 15.9 Å². The summed E-state index contributed by atoms with van der Waals surface area (Å²) in [4.78, 5) is 3.98. The van der Waals surface area contributed by atoms with E-state index in [2.05, 4.69) is 26.0 Å². The monoisotopic (exact) mass is 282 g/mol. The topological polar surface area (TPSA) is 66.0 Å². The van der Waals surface area contributed by atoms with Crippen LogP contribution in [-0.4, -0.2) is 14.8 Å². The lowest BCUT2D eigenvalue weighted by atomic mass is 10.2. The summed E-state index contributed by atoms with van der Waals surface area (Å²) in [5, 5.41) is 4.03. The fourth-order valence-corrected chi connectivity index (χ4v) is 1.79. The van der Waals surface area contributed by atoms with Crippen molar-refractivity contribution in [2.24, 2.45) is 12.8 Å². The summed E-state index contributed by atoms with van der Waals surface area (Å²) in [6, 6.07) is 5.97. The van der Waals surface area contributed by atoms with Gasteiger partial charge in [-0.1, -0.05) is 15.9 Å². The first-order valence-electron chi connectivity index (χ1n) is 4.70. The molecule has 0 aliphatic rings. The molecule has 0 radical (unpaired) electrons. The Hall–Kier alpha value is -1.40. The molecule has 0 bridgehead atoms. The first kappa shape index (κ1) is 11.1. The zero-order chi connectivity index (χ0) is 11.5. The Labute approximate surface area is 101 Å². The van der Waals surface area contributed by atoms with Gasteiger partial charge < -0.3 is 10.5 Å². The Balaban J connectivity index is 2.24. The molecule has 6 heteroatoms. The predicted octanol–water partition coefficient (Wildman–Crippen LogP) is 1.83. The van der Waals surface area contributed by atoms with E-state index >= 15 is 0 Å². The first-order chi connectivity index (χ1) is 7.67. The molecule has 1 aromatic heterocycles. The maximum atomic E-state index is 5.57. The van der Waals surface area contributed by atoms with E-state index in [9.17, 15) is 0 Å². The minimum absolute atomic E-state index is 0.323. The largest absolute Gasteiger partial charge is 0.423 e. The molecule has 1 aromatic carbocycles. The van der Waals surface area contributed by atoms with Gasteiger partial charge in [0, 0.05) is 18.1 Å². The van der Waals surface area contributed by atoms with E-state index in [1.807, 2.05) is 18.2 Å². The minimum atomic E-state index is 0.323. The van der Waals surface area contributed by atoms with Crippen molar-refractivity contribution in [3.63, 3.8) is 0 Å². The molecule has 0 fully saturated rings. The third kappa shape index (κ3) is 2.59. The zero-order valence-corrected chi connectivity index (χ0v) is 10.3. The molecule has 0 saturated heterocycles. The van der Waals surface area contributed by atoms with Gasteiger partial charge in [-0.2, -0.15) is 4.98 Å². The van der Waals surface area contributed by atoms with E-state index in [0.717, 1.165) is 10.0 Å². The van der Waals surface area contributed by atoms with Gasteiger partial charge in [0.1, 0.15) is 12.1 Å². The number of halogens is 1. The van der Waals surface area contributed by atoms with E-state index in [1.165, 1.54) is 0 Å². The molecule has 0 unspecified atom stereocenters. The molecule has 5 nitrogen and oxygen atoms in total. The molecule has 2 rings (SSSR count). The second kappa shape index (κ2) is 4.63. The van der Waals surface area contributed by atoms with Crippen LogP contribution in [-0.2, 0) is 13.6 Å². The fourth-order valence-electron chi connectivity index (χ4n) is 1.27. The van der Waals surface area contributed by atoms with Gasteiger partial charge >= 0.3 is 6.01 Å². The summed E-state index contributed by atoms with van der Waals surface area (Å²) >= 11 is 3.39. The summed E-state index contributed by atoms with van der Waals surface area (Å²) < 4.78 is 7.99. The van der Waals surface area contributed by atoms with E-state index in [1.54, 1.807) is 18.1 Å². The van der Waals surface area contributed by atoms with Gasteiger partial charge in [-0.3, -0.25) is 4.68 Å². The summed E-state index contributed by atoms with van der Waals surface area (Å²) in [6.45, 7) is 0.464. The molecule has 0 aliphatic heterocycles. The number of benzene rings is 1. The Kier molecular flexibility index (Phi) is 3.21. The first-order valence-corrected chi connectivity index (χ1v) is 5.49. The number of aromatic nitrogens is 3. The highest BCUT2D eigenvalue weighted by Crippen LogP contribution is 2.24. The van der Waals surface area contributed by atoms with Crippen molar-refractivity contribution in [1.82, 2.24) is 14.8 Å². The Morgan fingerprint density at radius 1 is 1.44 bits per heavy atom. The van der Waals surface area contributed by atoms with Gasteiger partial charge in [0.15, 0.2) is 0 Å². The SMILES string of the molecule is Cn1cnc(Oc2cc(Br)cc(CN)c2)n1. The maximum absolute atomic E-state index is 5.57. The van der Waals surface area contributed by atoms with Crippen LogP contribution in [0.15, 0.2) is 29.0 Å². The third-order valence-electron chi connectivity index (χ3n) is 1.95. The molecule has 0 saturated carbocycles. The normalized spacial score (nSPS) is 10.4. The minimum Gasteiger partial charge on any atom is -0.423 e. The number of hydrogen-bond donors (Lipinski definition) is 1. The van der Waals surface area contributed by atoms with Crippen molar-refractivity contribution in [3.8, 4) is 11.8 Å². The van der Waals surface area contributed by atoms with Crippen LogP contribution in [0.5, 0.6) is 11.8 Å². The molecule has 84 valence electrons. The zero-order valence-electron chi connectivity index (χ0n) is 8.72. The summed E-state index contributed by atoms with van der Waals surface area (Å²) in [6.07, 6.45) is 1.58. The van der Waals surface area contributed by atoms with Crippen LogP contribution in [0.4, 0.5) is 0 Å². The van der Waals surface area contributed by atoms with Gasteiger partial charge in [-0.15, -0.1) is 5.10 Å². The van der Waals surface area contributed by atoms with Crippen molar-refractivity contribution in [2.75, 3.05) is 0 Å². The molecular formula is C10H11BrN4O. The van der Waals surface area contributed by atoms with Crippen LogP contribution in [0, 0.1) is 0 Å². The van der Waals surface area contributed by atoms with Gasteiger partial charge in [0.05, 0.1) is 0 Å². The second-order valence-electron chi connectivity index (χ2n) is 3.30. The molecule has 2 aromatic rings. The van der Waals surface area contributed by atoms with Gasteiger partial charge in [-0.05, 0) is 23.8 Å². The van der Waals surface area contributed by atoms with Crippen molar-refractivity contribution in [2.45, 2.75) is 6.54 Å². The number of nitrogens with zero attached hydrogens (tertiary/aromatic N) is 3. The van der Waals surface area contributed by atoms with E-state index in [0.29, 0.717) is 18.3 Å². The molecule has 0 atom stereocenters. The smallest absolute Gasteiger partial charge is 0.340 e. The molecule has 0 aliphatic carbocycles. The average Bonchev–Trinajstić information content (AvgIpc) is 2.63. The molecule has 1 heterocycles. The maximum Gasteiger partial charge on any atom is 0.340 e. The molecule has 0 spiro atoms. The summed E-state index contributed by atoms with van der Waals surface area (Å²) in [7, 11) is 1.78. The average molecular weight is 283 g/mol. The van der Waals surface area contributed by atoms with E-state index in [-0.39, 0.29) is 0 Å². The van der Waals surface area contributed by atoms with Gasteiger partial charge in [0.25, 0.3) is 0 Å². The van der Waals surface area contributed by atoms with E-state index < -0.39 is 0 Å². The third-order valence-corrected chi connectivity index (χ3v) is 2.41. The van der Waals surface area contributed by atoms with Crippen LogP contribution < -0.4 is 10.5 Å². The van der Waals surface area contributed by atoms with Crippen molar-refractivity contribution in [1.29, 1.82) is 0 Å². The molecule has 0 amide bonds. The fraction of sp³-hybridized carbons (Fsp3) is 0.200. The van der Waals surface area contributed by atoms with Crippen LogP contribution in [0.3, 0.4) is 0 Å². The Morgan fingerprint density at radius 3 is 2.88 bits per heavy atom. The highest BCUT2D eigenvalue weighted by Gasteiger charge is 2.04. The lowest BCUT2D eigenvalue weighted by molar-refractivity contribution is 0.438. The number of nitrogens with two attached hydrogens (primary N) is 1. The quantitative estimate of drug-likeness (QED) is 0.933. The van der Waals surface area contributed by atoms with Crippen molar-refractivity contribution < 1.29 is 4.74 Å². The van der Waals surface area contributed by atoms with Crippen LogP contribution in [0.1, 0.15) is 5.56 Å².